The number of hydrogen-bond donors (Lipinski definition) is 3. The van der Waals surface area contributed by atoms with Gasteiger partial charge in [0.1, 0.15) is 0 Å². The summed E-state index contributed by atoms with van der Waals surface area (Å²) in [5.74, 6) is 6.03. The Morgan fingerprint density at radius 3 is 2.53 bits per heavy atom. The van der Waals surface area contributed by atoms with Gasteiger partial charge >= 0.3 is 0 Å². The summed E-state index contributed by atoms with van der Waals surface area (Å²) in [7, 11) is 1.63. The molecule has 0 amide bonds. The lowest BCUT2D eigenvalue weighted by atomic mass is 9.93. The molecule has 3 aromatic rings. The molecule has 0 radical (unpaired) electrons. The topological polar surface area (TPSA) is 96.5 Å². The first-order valence-electron chi connectivity index (χ1n) is 11.4. The molecule has 1 aliphatic rings. The van der Waals surface area contributed by atoms with Gasteiger partial charge in [-0.15, -0.1) is 0 Å². The first-order chi connectivity index (χ1) is 16.6. The van der Waals surface area contributed by atoms with Gasteiger partial charge in [-0.3, -0.25) is 4.79 Å². The molecule has 1 saturated heterocycles. The van der Waals surface area contributed by atoms with E-state index in [1.165, 1.54) is 11.9 Å². The van der Waals surface area contributed by atoms with Crippen LogP contribution in [0.15, 0.2) is 59.7 Å². The molecule has 3 N–H and O–H groups in total. The molecule has 1 aliphatic heterocycles. The Hall–Kier alpha value is -3.44. The molecular weight excluding hydrogens is 430 g/mol. The van der Waals surface area contributed by atoms with Crippen molar-refractivity contribution < 1.29 is 14.6 Å². The molecule has 4 rings (SSSR count). The molecule has 34 heavy (non-hydrogen) atoms. The maximum absolute atomic E-state index is 11.7. The summed E-state index contributed by atoms with van der Waals surface area (Å²) in [6.45, 7) is 2.90. The van der Waals surface area contributed by atoms with E-state index in [-0.39, 0.29) is 11.7 Å². The van der Waals surface area contributed by atoms with Crippen molar-refractivity contribution >= 4 is 0 Å². The average Bonchev–Trinajstić information content (AvgIpc) is 3.39. The molecule has 0 aliphatic carbocycles. The predicted octanol–water partition coefficient (Wildman–Crippen LogP) is 2.73. The molecule has 176 valence electrons. The van der Waals surface area contributed by atoms with Crippen LogP contribution >= 0.6 is 0 Å². The summed E-state index contributed by atoms with van der Waals surface area (Å²) in [5.41, 5.74) is 3.93. The van der Waals surface area contributed by atoms with Crippen LogP contribution in [0.5, 0.6) is 5.75 Å². The minimum Gasteiger partial charge on any atom is -0.502 e. The minimum absolute atomic E-state index is 0.0517. The number of H-pyrrole nitrogens is 1. The van der Waals surface area contributed by atoms with E-state index in [0.29, 0.717) is 24.8 Å². The zero-order valence-corrected chi connectivity index (χ0v) is 19.2. The Labute approximate surface area is 199 Å². The van der Waals surface area contributed by atoms with E-state index in [4.69, 9.17) is 9.47 Å². The van der Waals surface area contributed by atoms with Crippen LogP contribution < -0.4 is 10.9 Å². The molecule has 2 heterocycles. The first-order valence-corrected chi connectivity index (χ1v) is 11.4. The summed E-state index contributed by atoms with van der Waals surface area (Å²) in [6, 6.07) is 16.7. The van der Waals surface area contributed by atoms with Crippen LogP contribution in [0.2, 0.25) is 0 Å². The molecular formula is C27H29N3O4. The summed E-state index contributed by atoms with van der Waals surface area (Å²) >= 11 is 0. The normalized spacial score (nSPS) is 16.1. The van der Waals surface area contributed by atoms with Crippen LogP contribution in [0, 0.1) is 11.8 Å². The van der Waals surface area contributed by atoms with E-state index in [1.807, 2.05) is 36.4 Å². The summed E-state index contributed by atoms with van der Waals surface area (Å²) in [5, 5.41) is 13.5. The molecule has 2 atom stereocenters. The van der Waals surface area contributed by atoms with Crippen molar-refractivity contribution in [2.45, 2.75) is 31.3 Å². The molecule has 2 unspecified atom stereocenters. The number of aromatic nitrogens is 2. The number of aromatic amines is 1. The van der Waals surface area contributed by atoms with Crippen LogP contribution in [0.4, 0.5) is 0 Å². The highest BCUT2D eigenvalue weighted by atomic mass is 16.5. The molecule has 0 bridgehead atoms. The zero-order chi connectivity index (χ0) is 23.8. The maximum Gasteiger partial charge on any atom is 0.293 e. The fourth-order valence-corrected chi connectivity index (χ4v) is 3.93. The molecule has 7 heteroatoms. The highest BCUT2D eigenvalue weighted by Gasteiger charge is 2.17. The molecule has 2 aromatic carbocycles. The quantitative estimate of drug-likeness (QED) is 0.448. The summed E-state index contributed by atoms with van der Waals surface area (Å²) in [6.07, 6.45) is 2.76. The monoisotopic (exact) mass is 459 g/mol. The summed E-state index contributed by atoms with van der Waals surface area (Å²) < 4.78 is 10.8. The number of ether oxygens (including phenoxy) is 2. The van der Waals surface area contributed by atoms with Crippen LogP contribution in [0.25, 0.3) is 0 Å². The third-order valence-corrected chi connectivity index (χ3v) is 5.92. The molecule has 7 nitrogen and oxygen atoms in total. The fraction of sp³-hybridized carbons (Fsp3) is 0.333. The van der Waals surface area contributed by atoms with Crippen molar-refractivity contribution in [3.05, 3.63) is 93.2 Å². The van der Waals surface area contributed by atoms with E-state index in [2.05, 4.69) is 39.3 Å². The van der Waals surface area contributed by atoms with Crippen molar-refractivity contribution in [3.63, 3.8) is 0 Å². The van der Waals surface area contributed by atoms with Crippen LogP contribution in [0.1, 0.15) is 40.3 Å². The zero-order valence-electron chi connectivity index (χ0n) is 19.2. The second-order valence-electron chi connectivity index (χ2n) is 8.39. The van der Waals surface area contributed by atoms with Gasteiger partial charge in [-0.05, 0) is 41.8 Å². The summed E-state index contributed by atoms with van der Waals surface area (Å²) in [4.78, 5) is 18.1. The number of rotatable bonds is 8. The Balaban J connectivity index is 1.39. The number of nitrogens with zero attached hydrogens (tertiary/aromatic N) is 1. The number of methoxy groups -OCH3 is 1. The highest BCUT2D eigenvalue weighted by Crippen LogP contribution is 2.23. The number of nitrogens with one attached hydrogen (secondary N) is 2. The van der Waals surface area contributed by atoms with E-state index in [1.54, 1.807) is 7.11 Å². The van der Waals surface area contributed by atoms with Crippen molar-refractivity contribution in [2.75, 3.05) is 26.9 Å². The number of aromatic hydroxyl groups is 1. The van der Waals surface area contributed by atoms with Crippen molar-refractivity contribution in [2.24, 2.45) is 0 Å². The largest absolute Gasteiger partial charge is 0.502 e. The lowest BCUT2D eigenvalue weighted by molar-refractivity contribution is 0.178. The van der Waals surface area contributed by atoms with Gasteiger partial charge < -0.3 is 24.9 Å². The first kappa shape index (κ1) is 23.7. The third-order valence-electron chi connectivity index (χ3n) is 5.92. The Morgan fingerprint density at radius 1 is 1.18 bits per heavy atom. The van der Waals surface area contributed by atoms with E-state index < -0.39 is 5.56 Å². The molecule has 1 fully saturated rings. The van der Waals surface area contributed by atoms with Crippen molar-refractivity contribution in [1.29, 1.82) is 0 Å². The van der Waals surface area contributed by atoms with Gasteiger partial charge in [0.15, 0.2) is 0 Å². The number of benzene rings is 2. The van der Waals surface area contributed by atoms with Gasteiger partial charge in [-0.1, -0.05) is 36.1 Å². The standard InChI is InChI=1S/C27H29N3O4/c1-33-16-23(14-25-26(31)27(32)30-18-29-25)22-10-8-20(9-11-22)3-2-19-4-6-21(7-5-19)15-28-24-12-13-34-17-24/h4-11,18,23-24,28,31H,12-17H2,1H3,(H,29,30,32). The minimum atomic E-state index is -0.542. The van der Waals surface area contributed by atoms with Crippen molar-refractivity contribution in [1.82, 2.24) is 15.3 Å². The van der Waals surface area contributed by atoms with Crippen LogP contribution in [-0.2, 0) is 22.4 Å². The maximum atomic E-state index is 11.7. The molecule has 1 aromatic heterocycles. The third kappa shape index (κ3) is 6.33. The lowest BCUT2D eigenvalue weighted by Crippen LogP contribution is -2.28. The van der Waals surface area contributed by atoms with Crippen LogP contribution in [-0.4, -0.2) is 48.0 Å². The smallest absolute Gasteiger partial charge is 0.293 e. The van der Waals surface area contributed by atoms with E-state index in [9.17, 15) is 9.90 Å². The Kier molecular flexibility index (Phi) is 8.10. The second kappa shape index (κ2) is 11.6. The molecule has 0 spiro atoms. The Morgan fingerprint density at radius 2 is 1.88 bits per heavy atom. The van der Waals surface area contributed by atoms with Crippen LogP contribution in [0.3, 0.4) is 0 Å². The lowest BCUT2D eigenvalue weighted by Gasteiger charge is -2.16. The predicted molar refractivity (Wildman–Crippen MR) is 130 cm³/mol. The molecule has 0 saturated carbocycles. The van der Waals surface area contributed by atoms with E-state index >= 15 is 0 Å². The van der Waals surface area contributed by atoms with Gasteiger partial charge in [0.05, 0.1) is 25.2 Å². The van der Waals surface area contributed by atoms with Gasteiger partial charge in [0.25, 0.3) is 5.56 Å². The van der Waals surface area contributed by atoms with E-state index in [0.717, 1.165) is 42.9 Å². The number of hydrogen-bond acceptors (Lipinski definition) is 6. The Bertz CT molecular complexity index is 1190. The van der Waals surface area contributed by atoms with Gasteiger partial charge in [-0.25, -0.2) is 4.98 Å². The van der Waals surface area contributed by atoms with Gasteiger partial charge in [0.2, 0.25) is 5.75 Å². The fourth-order valence-electron chi connectivity index (χ4n) is 3.93. The SMILES string of the molecule is COCC(Cc1nc[nH]c(=O)c1O)c1ccc(C#Cc2ccc(CNC3CCOC3)cc2)cc1. The van der Waals surface area contributed by atoms with Crippen molar-refractivity contribution in [3.8, 4) is 17.6 Å². The van der Waals surface area contributed by atoms with Gasteiger partial charge in [0, 0.05) is 49.8 Å². The second-order valence-corrected chi connectivity index (χ2v) is 8.39. The van der Waals surface area contributed by atoms with Gasteiger partial charge in [-0.2, -0.15) is 0 Å². The highest BCUT2D eigenvalue weighted by molar-refractivity contribution is 5.44. The average molecular weight is 460 g/mol.